The molecule has 0 unspecified atom stereocenters. The van der Waals surface area contributed by atoms with Gasteiger partial charge in [0.1, 0.15) is 5.82 Å². The van der Waals surface area contributed by atoms with Crippen LogP contribution in [0.4, 0.5) is 0 Å². The summed E-state index contributed by atoms with van der Waals surface area (Å²) in [5.41, 5.74) is 4.37. The molecule has 3 rings (SSSR count). The lowest BCUT2D eigenvalue weighted by Crippen LogP contribution is -2.07. The van der Waals surface area contributed by atoms with Crippen molar-refractivity contribution in [3.63, 3.8) is 0 Å². The number of halogens is 2. The van der Waals surface area contributed by atoms with Gasteiger partial charge in [-0.25, -0.2) is 4.98 Å². The highest BCUT2D eigenvalue weighted by atomic mass is 35.5. The van der Waals surface area contributed by atoms with Crippen LogP contribution in [0.15, 0.2) is 36.7 Å². The van der Waals surface area contributed by atoms with Crippen molar-refractivity contribution < 1.29 is 0 Å². The van der Waals surface area contributed by atoms with Crippen molar-refractivity contribution >= 4 is 34.2 Å². The van der Waals surface area contributed by atoms with E-state index in [4.69, 9.17) is 23.2 Å². The van der Waals surface area contributed by atoms with Gasteiger partial charge in [0.15, 0.2) is 0 Å². The van der Waals surface area contributed by atoms with Gasteiger partial charge < -0.3 is 4.57 Å². The first-order chi connectivity index (χ1) is 10.2. The summed E-state index contributed by atoms with van der Waals surface area (Å²) in [6.45, 7) is 2.81. The van der Waals surface area contributed by atoms with Crippen LogP contribution in [-0.4, -0.2) is 20.4 Å². The molecule has 3 aromatic rings. The Hall–Kier alpha value is -1.58. The van der Waals surface area contributed by atoms with Gasteiger partial charge in [0.2, 0.25) is 0 Å². The van der Waals surface area contributed by atoms with E-state index in [1.54, 1.807) is 6.20 Å². The monoisotopic (exact) mass is 319 g/mol. The number of hydrogen-bond donors (Lipinski definition) is 0. The minimum atomic E-state index is 0.545. The second-order valence-corrected chi connectivity index (χ2v) is 5.80. The van der Waals surface area contributed by atoms with Gasteiger partial charge in [-0.05, 0) is 42.3 Å². The minimum Gasteiger partial charge on any atom is -0.323 e. The Morgan fingerprint density at radius 1 is 1.24 bits per heavy atom. The van der Waals surface area contributed by atoms with Gasteiger partial charge in [-0.1, -0.05) is 11.6 Å². The second-order valence-electron chi connectivity index (χ2n) is 4.99. The second kappa shape index (κ2) is 6.04. The summed E-state index contributed by atoms with van der Waals surface area (Å²) in [6.07, 6.45) is 4.44. The van der Waals surface area contributed by atoms with Crippen molar-refractivity contribution in [3.05, 3.63) is 58.6 Å². The Labute approximate surface area is 133 Å². The number of benzene rings is 1. The third-order valence-electron chi connectivity index (χ3n) is 3.58. The van der Waals surface area contributed by atoms with Crippen molar-refractivity contribution in [3.8, 4) is 0 Å². The molecular formula is C16H15Cl2N3. The molecule has 0 spiro atoms. The molecule has 5 heteroatoms. The normalized spacial score (nSPS) is 11.2. The number of hydrogen-bond acceptors (Lipinski definition) is 2. The number of aromatic nitrogens is 3. The maximum Gasteiger partial charge on any atom is 0.111 e. The van der Waals surface area contributed by atoms with E-state index in [9.17, 15) is 0 Å². The number of alkyl halides is 1. The number of aryl methyl sites for hydroxylation is 2. The Bertz CT molecular complexity index is 780. The van der Waals surface area contributed by atoms with Crippen molar-refractivity contribution in [2.24, 2.45) is 0 Å². The van der Waals surface area contributed by atoms with E-state index >= 15 is 0 Å². The predicted octanol–water partition coefficient (Wildman–Crippen LogP) is 4.22. The zero-order valence-electron chi connectivity index (χ0n) is 11.7. The summed E-state index contributed by atoms with van der Waals surface area (Å²) in [7, 11) is 0. The van der Waals surface area contributed by atoms with Gasteiger partial charge >= 0.3 is 0 Å². The standard InChI is InChI=1S/C16H15Cl2N3/c1-11-5-7-19-9-12(11)10-21-15-8-13(18)2-3-14(15)20-16(21)4-6-17/h2-3,5,7-9H,4,6,10H2,1H3. The zero-order chi connectivity index (χ0) is 14.8. The van der Waals surface area contributed by atoms with Gasteiger partial charge in [0.05, 0.1) is 17.6 Å². The number of imidazole rings is 1. The SMILES string of the molecule is Cc1ccncc1Cn1c(CCCl)nc2ccc(Cl)cc21. The molecule has 2 aromatic heterocycles. The molecule has 2 heterocycles. The third kappa shape index (κ3) is 2.89. The lowest BCUT2D eigenvalue weighted by atomic mass is 10.1. The van der Waals surface area contributed by atoms with E-state index < -0.39 is 0 Å². The fraction of sp³-hybridized carbons (Fsp3) is 0.250. The molecule has 0 saturated heterocycles. The van der Waals surface area contributed by atoms with E-state index in [0.717, 1.165) is 29.8 Å². The highest BCUT2D eigenvalue weighted by Crippen LogP contribution is 2.23. The molecule has 21 heavy (non-hydrogen) atoms. The van der Waals surface area contributed by atoms with Crippen LogP contribution in [0, 0.1) is 6.92 Å². The van der Waals surface area contributed by atoms with Gasteiger partial charge in [0, 0.05) is 29.7 Å². The lowest BCUT2D eigenvalue weighted by molar-refractivity contribution is 0.748. The van der Waals surface area contributed by atoms with Gasteiger partial charge in [0.25, 0.3) is 0 Å². The molecule has 0 bridgehead atoms. The van der Waals surface area contributed by atoms with Crippen LogP contribution in [0.3, 0.4) is 0 Å². The number of pyridine rings is 1. The molecule has 3 nitrogen and oxygen atoms in total. The molecule has 0 radical (unpaired) electrons. The first kappa shape index (κ1) is 14.4. The Morgan fingerprint density at radius 3 is 2.86 bits per heavy atom. The van der Waals surface area contributed by atoms with E-state index in [-0.39, 0.29) is 0 Å². The van der Waals surface area contributed by atoms with E-state index in [2.05, 4.69) is 21.5 Å². The molecule has 0 saturated carbocycles. The van der Waals surface area contributed by atoms with Crippen LogP contribution in [0.25, 0.3) is 11.0 Å². The summed E-state index contributed by atoms with van der Waals surface area (Å²) >= 11 is 12.0. The zero-order valence-corrected chi connectivity index (χ0v) is 13.2. The van der Waals surface area contributed by atoms with E-state index in [1.165, 1.54) is 11.1 Å². The molecule has 0 fully saturated rings. The topological polar surface area (TPSA) is 30.7 Å². The molecule has 0 aliphatic heterocycles. The highest BCUT2D eigenvalue weighted by Gasteiger charge is 2.12. The fourth-order valence-corrected chi connectivity index (χ4v) is 2.77. The first-order valence-corrected chi connectivity index (χ1v) is 7.70. The molecule has 0 aliphatic rings. The van der Waals surface area contributed by atoms with Crippen molar-refractivity contribution in [2.45, 2.75) is 19.9 Å². The molecule has 0 aliphatic carbocycles. The Balaban J connectivity index is 2.12. The van der Waals surface area contributed by atoms with Gasteiger partial charge in [-0.3, -0.25) is 4.98 Å². The van der Waals surface area contributed by atoms with Crippen LogP contribution >= 0.6 is 23.2 Å². The first-order valence-electron chi connectivity index (χ1n) is 6.79. The lowest BCUT2D eigenvalue weighted by Gasteiger charge is -2.10. The average molecular weight is 320 g/mol. The number of nitrogens with zero attached hydrogens (tertiary/aromatic N) is 3. The maximum atomic E-state index is 6.13. The maximum absolute atomic E-state index is 6.13. The number of rotatable bonds is 4. The van der Waals surface area contributed by atoms with Crippen LogP contribution in [0.2, 0.25) is 5.02 Å². The average Bonchev–Trinajstić information content (AvgIpc) is 2.79. The minimum absolute atomic E-state index is 0.545. The third-order valence-corrected chi connectivity index (χ3v) is 4.01. The van der Waals surface area contributed by atoms with Crippen LogP contribution in [0.1, 0.15) is 17.0 Å². The Morgan fingerprint density at radius 2 is 2.10 bits per heavy atom. The molecule has 0 N–H and O–H groups in total. The van der Waals surface area contributed by atoms with E-state index in [1.807, 2.05) is 30.5 Å². The molecule has 1 aromatic carbocycles. The summed E-state index contributed by atoms with van der Waals surface area (Å²) in [4.78, 5) is 8.88. The number of fused-ring (bicyclic) bond motifs is 1. The smallest absolute Gasteiger partial charge is 0.111 e. The molecule has 0 amide bonds. The van der Waals surface area contributed by atoms with Gasteiger partial charge in [-0.2, -0.15) is 0 Å². The summed E-state index contributed by atoms with van der Waals surface area (Å²) in [5, 5.41) is 0.712. The van der Waals surface area contributed by atoms with Crippen molar-refractivity contribution in [1.82, 2.24) is 14.5 Å². The largest absolute Gasteiger partial charge is 0.323 e. The summed E-state index contributed by atoms with van der Waals surface area (Å²) in [6, 6.07) is 7.78. The van der Waals surface area contributed by atoms with Gasteiger partial charge in [-0.15, -0.1) is 11.6 Å². The fourth-order valence-electron chi connectivity index (χ4n) is 2.43. The molecular weight excluding hydrogens is 305 g/mol. The summed E-state index contributed by atoms with van der Waals surface area (Å²) < 4.78 is 2.17. The van der Waals surface area contributed by atoms with Crippen LogP contribution < -0.4 is 0 Å². The van der Waals surface area contributed by atoms with E-state index in [0.29, 0.717) is 10.9 Å². The predicted molar refractivity (Wildman–Crippen MR) is 87.2 cm³/mol. The van der Waals surface area contributed by atoms with Crippen molar-refractivity contribution in [2.75, 3.05) is 5.88 Å². The molecule has 108 valence electrons. The highest BCUT2D eigenvalue weighted by molar-refractivity contribution is 6.31. The van der Waals surface area contributed by atoms with Crippen molar-refractivity contribution in [1.29, 1.82) is 0 Å². The molecule has 0 atom stereocenters. The van der Waals surface area contributed by atoms with Crippen LogP contribution in [-0.2, 0) is 13.0 Å². The quantitative estimate of drug-likeness (QED) is 0.674. The van der Waals surface area contributed by atoms with Crippen LogP contribution in [0.5, 0.6) is 0 Å². The Kier molecular flexibility index (Phi) is 4.13. The summed E-state index contributed by atoms with van der Waals surface area (Å²) in [5.74, 6) is 1.52.